The van der Waals surface area contributed by atoms with Gasteiger partial charge in [-0.25, -0.2) is 9.59 Å². The van der Waals surface area contributed by atoms with Gasteiger partial charge in [0, 0.05) is 12.6 Å². The van der Waals surface area contributed by atoms with Crippen molar-refractivity contribution in [2.75, 3.05) is 13.1 Å². The highest BCUT2D eigenvalue weighted by Crippen LogP contribution is 2.18. The van der Waals surface area contributed by atoms with Crippen LogP contribution in [0.25, 0.3) is 0 Å². The molecule has 1 rings (SSSR count). The van der Waals surface area contributed by atoms with Crippen LogP contribution >= 0.6 is 0 Å². The van der Waals surface area contributed by atoms with Crippen molar-refractivity contribution in [2.24, 2.45) is 5.92 Å². The Balaban J connectivity index is 2.08. The quantitative estimate of drug-likeness (QED) is 0.478. The van der Waals surface area contributed by atoms with Crippen molar-refractivity contribution in [2.45, 2.75) is 45.2 Å². The maximum Gasteiger partial charge on any atom is 0.326 e. The van der Waals surface area contributed by atoms with E-state index in [1.807, 2.05) is 0 Å². The second-order valence-corrected chi connectivity index (χ2v) is 5.04. The minimum absolute atomic E-state index is 0.134. The zero-order chi connectivity index (χ0) is 13.5. The molecule has 0 heterocycles. The monoisotopic (exact) mass is 257 g/mol. The van der Waals surface area contributed by atoms with Gasteiger partial charge in [0.25, 0.3) is 0 Å². The Bertz CT molecular complexity index is 290. The van der Waals surface area contributed by atoms with Crippen LogP contribution in [0.15, 0.2) is 0 Å². The summed E-state index contributed by atoms with van der Waals surface area (Å²) < 4.78 is 0. The summed E-state index contributed by atoms with van der Waals surface area (Å²) in [5.74, 6) is -1.14. The van der Waals surface area contributed by atoms with Crippen LogP contribution < -0.4 is 16.0 Å². The molecule has 0 bridgehead atoms. The highest BCUT2D eigenvalue weighted by molar-refractivity contribution is 5.82. The topological polar surface area (TPSA) is 90.5 Å². The Morgan fingerprint density at radius 2 is 1.94 bits per heavy atom. The first-order valence-corrected chi connectivity index (χ1v) is 6.51. The largest absolute Gasteiger partial charge is 0.480 e. The average Bonchev–Trinajstić information content (AvgIpc) is 3.08. The van der Waals surface area contributed by atoms with Crippen LogP contribution in [-0.4, -0.2) is 42.3 Å². The molecule has 0 spiro atoms. The standard InChI is InChI=1S/C12H23N3O3/c1-8(2)10(11(16)17)15-12(18)14-7-3-6-13-9-4-5-9/h8-10,13H,3-7H2,1-2H3,(H,16,17)(H2,14,15,18). The van der Waals surface area contributed by atoms with E-state index in [0.717, 1.165) is 13.0 Å². The molecular formula is C12H23N3O3. The van der Waals surface area contributed by atoms with Crippen molar-refractivity contribution in [1.82, 2.24) is 16.0 Å². The van der Waals surface area contributed by atoms with Crippen LogP contribution in [0.4, 0.5) is 4.79 Å². The van der Waals surface area contributed by atoms with E-state index in [0.29, 0.717) is 12.6 Å². The van der Waals surface area contributed by atoms with Gasteiger partial charge in [0.15, 0.2) is 0 Å². The first-order valence-electron chi connectivity index (χ1n) is 6.51. The predicted octanol–water partition coefficient (Wildman–Crippen LogP) is 0.537. The molecule has 1 aliphatic rings. The number of carbonyl (C=O) groups is 2. The fourth-order valence-corrected chi connectivity index (χ4v) is 1.59. The number of carboxylic acids is 1. The Morgan fingerprint density at radius 1 is 1.28 bits per heavy atom. The van der Waals surface area contributed by atoms with Gasteiger partial charge in [-0.05, 0) is 31.7 Å². The van der Waals surface area contributed by atoms with Gasteiger partial charge < -0.3 is 21.1 Å². The first-order chi connectivity index (χ1) is 8.50. The number of aliphatic carboxylic acids is 1. The fourth-order valence-electron chi connectivity index (χ4n) is 1.59. The molecule has 0 aliphatic heterocycles. The Labute approximate surface area is 108 Å². The second kappa shape index (κ2) is 7.20. The molecule has 4 N–H and O–H groups in total. The van der Waals surface area contributed by atoms with Crippen molar-refractivity contribution in [3.05, 3.63) is 0 Å². The van der Waals surface area contributed by atoms with Crippen molar-refractivity contribution in [3.8, 4) is 0 Å². The lowest BCUT2D eigenvalue weighted by atomic mass is 10.1. The number of amides is 2. The highest BCUT2D eigenvalue weighted by atomic mass is 16.4. The average molecular weight is 257 g/mol. The van der Waals surface area contributed by atoms with Crippen LogP contribution in [0, 0.1) is 5.92 Å². The van der Waals surface area contributed by atoms with Gasteiger partial charge in [-0.1, -0.05) is 13.8 Å². The Kier molecular flexibility index (Phi) is 5.91. The van der Waals surface area contributed by atoms with E-state index in [1.54, 1.807) is 13.8 Å². The summed E-state index contributed by atoms with van der Waals surface area (Å²) >= 11 is 0. The molecule has 0 aromatic rings. The third-order valence-corrected chi connectivity index (χ3v) is 2.87. The molecule has 6 nitrogen and oxygen atoms in total. The molecule has 2 amide bonds. The van der Waals surface area contributed by atoms with Crippen LogP contribution in [0.2, 0.25) is 0 Å². The Hall–Kier alpha value is -1.30. The molecule has 1 saturated carbocycles. The summed E-state index contributed by atoms with van der Waals surface area (Å²) in [6.07, 6.45) is 3.36. The highest BCUT2D eigenvalue weighted by Gasteiger charge is 2.23. The molecule has 0 aromatic carbocycles. The normalized spacial score (nSPS) is 16.4. The smallest absolute Gasteiger partial charge is 0.326 e. The summed E-state index contributed by atoms with van der Waals surface area (Å²) in [5.41, 5.74) is 0. The number of carboxylic acid groups (broad SMARTS) is 1. The molecule has 1 atom stereocenters. The minimum Gasteiger partial charge on any atom is -0.480 e. The lowest BCUT2D eigenvalue weighted by Crippen LogP contribution is -2.48. The van der Waals surface area contributed by atoms with Crippen molar-refractivity contribution < 1.29 is 14.7 Å². The van der Waals surface area contributed by atoms with E-state index in [1.165, 1.54) is 12.8 Å². The molecule has 0 aromatic heterocycles. The van der Waals surface area contributed by atoms with Gasteiger partial charge >= 0.3 is 12.0 Å². The molecule has 18 heavy (non-hydrogen) atoms. The molecule has 104 valence electrons. The van der Waals surface area contributed by atoms with Crippen LogP contribution in [-0.2, 0) is 4.79 Å². The van der Waals surface area contributed by atoms with E-state index in [-0.39, 0.29) is 5.92 Å². The number of rotatable bonds is 8. The summed E-state index contributed by atoms with van der Waals surface area (Å²) in [4.78, 5) is 22.3. The molecule has 1 unspecified atom stereocenters. The molecule has 6 heteroatoms. The SMILES string of the molecule is CC(C)C(NC(=O)NCCCNC1CC1)C(=O)O. The van der Waals surface area contributed by atoms with Gasteiger partial charge in [0.05, 0.1) is 0 Å². The summed E-state index contributed by atoms with van der Waals surface area (Å²) in [7, 11) is 0. The number of urea groups is 1. The lowest BCUT2D eigenvalue weighted by Gasteiger charge is -2.18. The van der Waals surface area contributed by atoms with Crippen molar-refractivity contribution in [3.63, 3.8) is 0 Å². The van der Waals surface area contributed by atoms with Gasteiger partial charge in [-0.2, -0.15) is 0 Å². The van der Waals surface area contributed by atoms with Crippen LogP contribution in [0.3, 0.4) is 0 Å². The number of hydrogen-bond acceptors (Lipinski definition) is 3. The molecular weight excluding hydrogens is 234 g/mol. The lowest BCUT2D eigenvalue weighted by molar-refractivity contribution is -0.140. The van der Waals surface area contributed by atoms with Crippen LogP contribution in [0.5, 0.6) is 0 Å². The molecule has 1 aliphatic carbocycles. The first kappa shape index (κ1) is 14.8. The summed E-state index contributed by atoms with van der Waals surface area (Å²) in [6.45, 7) is 4.96. The van der Waals surface area contributed by atoms with Gasteiger partial charge in [-0.3, -0.25) is 0 Å². The summed E-state index contributed by atoms with van der Waals surface area (Å²) in [6, 6.07) is -0.576. The van der Waals surface area contributed by atoms with E-state index >= 15 is 0 Å². The third-order valence-electron chi connectivity index (χ3n) is 2.87. The van der Waals surface area contributed by atoms with E-state index < -0.39 is 18.0 Å². The van der Waals surface area contributed by atoms with E-state index in [2.05, 4.69) is 16.0 Å². The van der Waals surface area contributed by atoms with E-state index in [9.17, 15) is 9.59 Å². The third kappa shape index (κ3) is 5.86. The predicted molar refractivity (Wildman–Crippen MR) is 68.4 cm³/mol. The van der Waals surface area contributed by atoms with Gasteiger partial charge in [-0.15, -0.1) is 0 Å². The number of hydrogen-bond donors (Lipinski definition) is 4. The summed E-state index contributed by atoms with van der Waals surface area (Å²) in [5, 5.41) is 17.4. The van der Waals surface area contributed by atoms with Gasteiger partial charge in [0.2, 0.25) is 0 Å². The maximum atomic E-state index is 11.5. The fraction of sp³-hybridized carbons (Fsp3) is 0.833. The van der Waals surface area contributed by atoms with Gasteiger partial charge in [0.1, 0.15) is 6.04 Å². The molecule has 0 radical (unpaired) electrons. The van der Waals surface area contributed by atoms with Crippen molar-refractivity contribution >= 4 is 12.0 Å². The number of nitrogens with one attached hydrogen (secondary N) is 3. The Morgan fingerprint density at radius 3 is 2.44 bits per heavy atom. The zero-order valence-corrected chi connectivity index (χ0v) is 11.0. The zero-order valence-electron chi connectivity index (χ0n) is 11.0. The number of carbonyl (C=O) groups excluding carboxylic acids is 1. The minimum atomic E-state index is -1.00. The van der Waals surface area contributed by atoms with E-state index in [4.69, 9.17) is 5.11 Å². The van der Waals surface area contributed by atoms with Crippen molar-refractivity contribution in [1.29, 1.82) is 0 Å². The molecule has 0 saturated heterocycles. The maximum absolute atomic E-state index is 11.5. The van der Waals surface area contributed by atoms with Crippen LogP contribution in [0.1, 0.15) is 33.1 Å². The molecule has 1 fully saturated rings. The second-order valence-electron chi connectivity index (χ2n) is 5.04.